The number of carbonyl (C=O) groups excluding carboxylic acids is 1. The predicted octanol–water partition coefficient (Wildman–Crippen LogP) is 3.87. The summed E-state index contributed by atoms with van der Waals surface area (Å²) < 4.78 is 15.6. The maximum absolute atomic E-state index is 14.1. The molecule has 0 N–H and O–H groups in total. The Morgan fingerprint density at radius 2 is 2.22 bits per heavy atom. The monoisotopic (exact) mass is 379 g/mol. The van der Waals surface area contributed by atoms with Crippen molar-refractivity contribution in [1.82, 2.24) is 14.8 Å². The molecule has 23 heavy (non-hydrogen) atoms. The Kier molecular flexibility index (Phi) is 5.67. The first-order valence-corrected chi connectivity index (χ1v) is 8.39. The van der Waals surface area contributed by atoms with E-state index in [0.29, 0.717) is 21.5 Å². The number of amides is 1. The first-order valence-electron chi connectivity index (χ1n) is 6.76. The number of aromatic nitrogens is 2. The van der Waals surface area contributed by atoms with Crippen LogP contribution in [0.3, 0.4) is 0 Å². The van der Waals surface area contributed by atoms with E-state index in [1.54, 1.807) is 13.8 Å². The van der Waals surface area contributed by atoms with Crippen molar-refractivity contribution in [3.05, 3.63) is 37.5 Å². The lowest BCUT2D eigenvalue weighted by Crippen LogP contribution is -2.39. The molecule has 1 amide bonds. The Hall–Kier alpha value is -1.15. The van der Waals surface area contributed by atoms with Crippen LogP contribution in [-0.4, -0.2) is 33.9 Å². The van der Waals surface area contributed by atoms with E-state index in [9.17, 15) is 9.18 Å². The van der Waals surface area contributed by atoms with Crippen LogP contribution in [0.2, 0.25) is 9.36 Å². The summed E-state index contributed by atoms with van der Waals surface area (Å²) in [4.78, 5) is 17.8. The van der Waals surface area contributed by atoms with Crippen LogP contribution >= 0.6 is 34.5 Å². The number of hydrogen-bond acceptors (Lipinski definition) is 4. The molecule has 0 aromatic carbocycles. The molecule has 2 aromatic heterocycles. The molecule has 1 unspecified atom stereocenters. The molecule has 0 fully saturated rings. The number of thiophene rings is 1. The Morgan fingerprint density at radius 1 is 1.57 bits per heavy atom. The van der Waals surface area contributed by atoms with E-state index in [2.05, 4.69) is 5.10 Å². The molecule has 0 radical (unpaired) electrons. The average Bonchev–Trinajstić information content (AvgIpc) is 2.92. The molecular formula is C14H16Cl2FN3O2S. The summed E-state index contributed by atoms with van der Waals surface area (Å²) >= 11 is 13.4. The Balaban J connectivity index is 2.24. The second-order valence-electron chi connectivity index (χ2n) is 5.09. The summed E-state index contributed by atoms with van der Waals surface area (Å²) in [5.74, 6) is -1.28. The fourth-order valence-corrected chi connectivity index (χ4v) is 3.62. The van der Waals surface area contributed by atoms with Crippen molar-refractivity contribution < 1.29 is 14.0 Å². The summed E-state index contributed by atoms with van der Waals surface area (Å²) in [6.07, 6.45) is 0.433. The predicted molar refractivity (Wildman–Crippen MR) is 88.6 cm³/mol. The second kappa shape index (κ2) is 7.17. The number of rotatable bonds is 5. The van der Waals surface area contributed by atoms with Gasteiger partial charge in [0.2, 0.25) is 5.95 Å². The van der Waals surface area contributed by atoms with Gasteiger partial charge in [0.15, 0.2) is 0 Å². The fraction of sp³-hybridized carbons (Fsp3) is 0.429. The molecule has 0 bridgehead atoms. The van der Waals surface area contributed by atoms with Gasteiger partial charge in [0, 0.05) is 7.05 Å². The molecule has 9 heteroatoms. The highest BCUT2D eigenvalue weighted by Crippen LogP contribution is 2.33. The summed E-state index contributed by atoms with van der Waals surface area (Å²) in [6.45, 7) is 3.36. The first-order chi connectivity index (χ1) is 10.8. The molecule has 0 aliphatic carbocycles. The molecule has 1 atom stereocenters. The minimum atomic E-state index is -0.696. The van der Waals surface area contributed by atoms with E-state index in [1.165, 1.54) is 25.5 Å². The normalized spacial score (nSPS) is 12.5. The molecule has 2 aromatic rings. The maximum atomic E-state index is 14.1. The van der Waals surface area contributed by atoms with E-state index >= 15 is 0 Å². The number of hydroxylamine groups is 2. The van der Waals surface area contributed by atoms with Crippen LogP contribution in [0.25, 0.3) is 0 Å². The summed E-state index contributed by atoms with van der Waals surface area (Å²) in [5, 5.41) is 7.33. The van der Waals surface area contributed by atoms with E-state index in [1.807, 2.05) is 5.38 Å². The quantitative estimate of drug-likeness (QED) is 0.740. The first kappa shape index (κ1) is 18.2. The van der Waals surface area contributed by atoms with Gasteiger partial charge in [-0.1, -0.05) is 23.2 Å². The number of nitrogens with zero attached hydrogens (tertiary/aromatic N) is 3. The van der Waals surface area contributed by atoms with E-state index < -0.39 is 11.9 Å². The van der Waals surface area contributed by atoms with Gasteiger partial charge in [0.05, 0.1) is 23.9 Å². The Bertz CT molecular complexity index is 732. The molecular weight excluding hydrogens is 364 g/mol. The minimum Gasteiger partial charge on any atom is -0.274 e. The van der Waals surface area contributed by atoms with E-state index in [4.69, 9.17) is 28.0 Å². The highest BCUT2D eigenvalue weighted by Gasteiger charge is 2.29. The van der Waals surface area contributed by atoms with Crippen molar-refractivity contribution in [1.29, 1.82) is 0 Å². The molecule has 0 aliphatic rings. The molecule has 2 heterocycles. The lowest BCUT2D eigenvalue weighted by molar-refractivity contribution is -0.119. The van der Waals surface area contributed by atoms with Crippen molar-refractivity contribution in [3.63, 3.8) is 0 Å². The number of aryl methyl sites for hydroxylation is 2. The summed E-state index contributed by atoms with van der Waals surface area (Å²) in [7, 11) is 2.80. The number of carbonyl (C=O) groups is 1. The van der Waals surface area contributed by atoms with Gasteiger partial charge in [0.25, 0.3) is 5.91 Å². The third-order valence-corrected chi connectivity index (χ3v) is 5.35. The van der Waals surface area contributed by atoms with Crippen LogP contribution in [0.15, 0.2) is 5.38 Å². The largest absolute Gasteiger partial charge is 0.284 e. The van der Waals surface area contributed by atoms with Crippen molar-refractivity contribution >= 4 is 40.4 Å². The van der Waals surface area contributed by atoms with Gasteiger partial charge in [-0.25, -0.2) is 9.75 Å². The molecule has 5 nitrogen and oxygen atoms in total. The van der Waals surface area contributed by atoms with E-state index in [-0.39, 0.29) is 11.6 Å². The maximum Gasteiger partial charge on any atom is 0.284 e. The molecule has 2 rings (SSSR count). The fourth-order valence-electron chi connectivity index (χ4n) is 2.34. The number of halogens is 3. The van der Waals surface area contributed by atoms with E-state index in [0.717, 1.165) is 15.3 Å². The molecule has 0 saturated heterocycles. The van der Waals surface area contributed by atoms with Crippen LogP contribution in [0.5, 0.6) is 0 Å². The van der Waals surface area contributed by atoms with Gasteiger partial charge >= 0.3 is 0 Å². The van der Waals surface area contributed by atoms with Crippen molar-refractivity contribution in [2.75, 3.05) is 7.11 Å². The van der Waals surface area contributed by atoms with Gasteiger partial charge < -0.3 is 0 Å². The van der Waals surface area contributed by atoms with Crippen LogP contribution in [0.1, 0.15) is 28.5 Å². The lowest BCUT2D eigenvalue weighted by atomic mass is 10.1. The van der Waals surface area contributed by atoms with Crippen LogP contribution in [0.4, 0.5) is 4.39 Å². The molecule has 0 spiro atoms. The zero-order valence-corrected chi connectivity index (χ0v) is 15.4. The van der Waals surface area contributed by atoms with Crippen molar-refractivity contribution in [2.45, 2.75) is 26.3 Å². The smallest absolute Gasteiger partial charge is 0.274 e. The molecule has 0 saturated carbocycles. The van der Waals surface area contributed by atoms with Gasteiger partial charge in [-0.3, -0.25) is 9.63 Å². The third kappa shape index (κ3) is 3.52. The van der Waals surface area contributed by atoms with Gasteiger partial charge in [-0.15, -0.1) is 11.3 Å². The van der Waals surface area contributed by atoms with Crippen molar-refractivity contribution in [2.24, 2.45) is 7.05 Å². The average molecular weight is 380 g/mol. The summed E-state index contributed by atoms with van der Waals surface area (Å²) in [5.41, 5.74) is 1.02. The standard InChI is InChI=1S/C14H16Cl2FN3O2S/c1-7(5-9-6-23-12(16)11(9)15)20(22-4)14(21)10-8(2)18-19(3)13(10)17/h6-7H,5H2,1-4H3. The summed E-state index contributed by atoms with van der Waals surface area (Å²) in [6, 6.07) is -0.366. The van der Waals surface area contributed by atoms with Crippen LogP contribution in [0, 0.1) is 12.9 Å². The Morgan fingerprint density at radius 3 is 2.65 bits per heavy atom. The zero-order valence-electron chi connectivity index (χ0n) is 13.1. The number of hydrogen-bond donors (Lipinski definition) is 0. The topological polar surface area (TPSA) is 47.4 Å². The molecule has 0 aliphatic heterocycles. The van der Waals surface area contributed by atoms with Crippen LogP contribution < -0.4 is 0 Å². The van der Waals surface area contributed by atoms with Gasteiger partial charge in [0.1, 0.15) is 9.90 Å². The van der Waals surface area contributed by atoms with Gasteiger partial charge in [-0.2, -0.15) is 9.49 Å². The highest BCUT2D eigenvalue weighted by molar-refractivity contribution is 7.15. The molecule has 126 valence electrons. The SMILES string of the molecule is CON(C(=O)c1c(C)nn(C)c1F)C(C)Cc1csc(Cl)c1Cl. The third-order valence-electron chi connectivity index (χ3n) is 3.44. The zero-order chi connectivity index (χ0) is 17.3. The second-order valence-corrected chi connectivity index (χ2v) is 6.95. The van der Waals surface area contributed by atoms with Gasteiger partial charge in [-0.05, 0) is 31.2 Å². The Labute approximate surface area is 147 Å². The van der Waals surface area contributed by atoms with Crippen molar-refractivity contribution in [3.8, 4) is 0 Å². The minimum absolute atomic E-state index is 0.101. The highest BCUT2D eigenvalue weighted by atomic mass is 35.5. The van der Waals surface area contributed by atoms with Crippen LogP contribution in [-0.2, 0) is 18.3 Å². The lowest BCUT2D eigenvalue weighted by Gasteiger charge is -2.26.